The van der Waals surface area contributed by atoms with Crippen molar-refractivity contribution in [1.82, 2.24) is 4.98 Å². The molecule has 0 aromatic carbocycles. The van der Waals surface area contributed by atoms with Gasteiger partial charge in [0.1, 0.15) is 17.2 Å². The van der Waals surface area contributed by atoms with Crippen molar-refractivity contribution in [2.45, 2.75) is 41.5 Å². The molecule has 0 radical (unpaired) electrons. The lowest BCUT2D eigenvalue weighted by Crippen LogP contribution is -2.32. The first-order valence-electron chi connectivity index (χ1n) is 9.11. The molecule has 0 spiro atoms. The van der Waals surface area contributed by atoms with Gasteiger partial charge in [0.25, 0.3) is 0 Å². The molecular weight excluding hydrogens is 410 g/mol. The van der Waals surface area contributed by atoms with Crippen molar-refractivity contribution in [3.05, 3.63) is 67.4 Å². The summed E-state index contributed by atoms with van der Waals surface area (Å²) in [5.41, 5.74) is -3.44. The van der Waals surface area contributed by atoms with E-state index in [1.807, 2.05) is 0 Å². The number of carbonyl (C=O) groups excluding carboxylic acids is 1. The predicted molar refractivity (Wildman–Crippen MR) is 112 cm³/mol. The summed E-state index contributed by atoms with van der Waals surface area (Å²) in [6.07, 6.45) is 2.41. The topological polar surface area (TPSA) is 140 Å². The number of nitro groups is 1. The van der Waals surface area contributed by atoms with Crippen molar-refractivity contribution < 1.29 is 23.2 Å². The summed E-state index contributed by atoms with van der Waals surface area (Å²) in [4.78, 5) is 27.0. The fourth-order valence-corrected chi connectivity index (χ4v) is 5.58. The van der Waals surface area contributed by atoms with E-state index in [-0.39, 0.29) is 15.6 Å². The average molecular weight is 436 g/mol. The Hall–Kier alpha value is -3.01. The van der Waals surface area contributed by atoms with Crippen molar-refractivity contribution in [2.75, 3.05) is 5.32 Å². The summed E-state index contributed by atoms with van der Waals surface area (Å²) in [6.45, 7) is 9.61. The zero-order valence-corrected chi connectivity index (χ0v) is 18.5. The maximum Gasteiger partial charge on any atom is 0.344 e. The Labute approximate surface area is 175 Å². The third-order valence-electron chi connectivity index (χ3n) is 4.28. The zero-order valence-electron chi connectivity index (χ0n) is 17.7. The minimum atomic E-state index is -4.12. The molecule has 0 unspecified atom stereocenters. The second-order valence-electron chi connectivity index (χ2n) is 8.88. The van der Waals surface area contributed by atoms with Crippen LogP contribution in [0.25, 0.3) is 0 Å². The second-order valence-corrected chi connectivity index (χ2v) is 10.7. The molecule has 1 aromatic heterocycles. The van der Waals surface area contributed by atoms with Gasteiger partial charge in [-0.15, -0.1) is 0 Å². The van der Waals surface area contributed by atoms with Crippen LogP contribution in [0.2, 0.25) is 0 Å². The Balaban J connectivity index is 2.86. The van der Waals surface area contributed by atoms with Crippen molar-refractivity contribution in [3.63, 3.8) is 0 Å². The molecule has 0 saturated heterocycles. The van der Waals surface area contributed by atoms with Crippen molar-refractivity contribution in [2.24, 2.45) is 10.8 Å². The van der Waals surface area contributed by atoms with Crippen LogP contribution in [0.5, 0.6) is 0 Å². The molecule has 1 aliphatic rings. The van der Waals surface area contributed by atoms with Gasteiger partial charge in [-0.3, -0.25) is 14.9 Å². The summed E-state index contributed by atoms with van der Waals surface area (Å²) < 4.78 is 26.5. The largest absolute Gasteiger partial charge is 0.506 e. The van der Waals surface area contributed by atoms with Crippen molar-refractivity contribution in [3.8, 4) is 0 Å². The summed E-state index contributed by atoms with van der Waals surface area (Å²) in [5, 5.41) is 24.9. The number of hydrogen-bond donors (Lipinski definition) is 2. The highest BCUT2D eigenvalue weighted by molar-refractivity contribution is 7.99. The molecule has 2 rings (SSSR count). The molecule has 0 fully saturated rings. The highest BCUT2D eigenvalue weighted by Gasteiger charge is 2.46. The Morgan fingerprint density at radius 1 is 1.13 bits per heavy atom. The predicted octanol–water partition coefficient (Wildman–Crippen LogP) is 3.73. The first-order valence-corrected chi connectivity index (χ1v) is 10.6. The van der Waals surface area contributed by atoms with E-state index >= 15 is 0 Å². The number of hydrogen-bond acceptors (Lipinski definition) is 7. The molecule has 1 aliphatic heterocycles. The van der Waals surface area contributed by atoms with Crippen LogP contribution in [0.4, 0.5) is 5.82 Å². The van der Waals surface area contributed by atoms with Gasteiger partial charge in [-0.05, 0) is 23.6 Å². The van der Waals surface area contributed by atoms with E-state index in [9.17, 15) is 28.4 Å². The molecule has 10 heteroatoms. The molecule has 30 heavy (non-hydrogen) atoms. The Bertz CT molecular complexity index is 1090. The minimum Gasteiger partial charge on any atom is -0.506 e. The standard InChI is InChI=1S/C20H25N3O6S/c1-19(2,3)13-11-12(16(24)17(20(4,5)6)30(13,28)29)15(23(26)27)18(25)22-14-9-7-8-10-21-14/h7-11,24H,1-6H3,(H,21,22,25)/b15-12-. The third kappa shape index (κ3) is 4.43. The van der Waals surface area contributed by atoms with Gasteiger partial charge >= 0.3 is 11.6 Å². The van der Waals surface area contributed by atoms with E-state index in [2.05, 4.69) is 10.3 Å². The van der Waals surface area contributed by atoms with Gasteiger partial charge in [0.15, 0.2) is 0 Å². The number of aromatic nitrogens is 1. The number of aliphatic hydroxyl groups is 1. The maximum absolute atomic E-state index is 13.2. The molecular formula is C20H25N3O6S. The van der Waals surface area contributed by atoms with Crippen LogP contribution >= 0.6 is 0 Å². The van der Waals surface area contributed by atoms with Gasteiger partial charge < -0.3 is 10.4 Å². The lowest BCUT2D eigenvalue weighted by Gasteiger charge is -2.33. The first-order chi connectivity index (χ1) is 13.6. The van der Waals surface area contributed by atoms with Crippen molar-refractivity contribution >= 4 is 21.6 Å². The smallest absolute Gasteiger partial charge is 0.344 e. The number of allylic oxidation sites excluding steroid dienone is 3. The van der Waals surface area contributed by atoms with E-state index in [4.69, 9.17) is 0 Å². The highest BCUT2D eigenvalue weighted by Crippen LogP contribution is 2.46. The SMILES string of the molecule is CC(C)(C)C1=C/C(=C(\C(=O)Nc2ccccn2)[N+](=O)[O-])C(O)=C(C(C)(C)C)S1(=O)=O. The molecule has 0 saturated carbocycles. The van der Waals surface area contributed by atoms with Crippen molar-refractivity contribution in [1.29, 1.82) is 0 Å². The monoisotopic (exact) mass is 435 g/mol. The Morgan fingerprint density at radius 2 is 1.73 bits per heavy atom. The number of pyridine rings is 1. The van der Waals surface area contributed by atoms with Crippen LogP contribution in [0.1, 0.15) is 41.5 Å². The van der Waals surface area contributed by atoms with E-state index in [0.29, 0.717) is 0 Å². The van der Waals surface area contributed by atoms with Gasteiger partial charge in [-0.25, -0.2) is 13.4 Å². The third-order valence-corrected chi connectivity index (χ3v) is 6.94. The number of amides is 1. The van der Waals surface area contributed by atoms with E-state index in [1.165, 1.54) is 12.3 Å². The molecule has 0 bridgehead atoms. The molecule has 0 atom stereocenters. The van der Waals surface area contributed by atoms with Gasteiger partial charge in [0.2, 0.25) is 9.84 Å². The average Bonchev–Trinajstić information content (AvgIpc) is 2.54. The van der Waals surface area contributed by atoms with Crippen LogP contribution in [-0.2, 0) is 14.6 Å². The van der Waals surface area contributed by atoms with Gasteiger partial charge in [-0.2, -0.15) is 0 Å². The Kier molecular flexibility index (Phi) is 5.95. The van der Waals surface area contributed by atoms with E-state index in [0.717, 1.165) is 6.08 Å². The Morgan fingerprint density at radius 3 is 2.17 bits per heavy atom. The second kappa shape index (κ2) is 7.67. The summed E-state index contributed by atoms with van der Waals surface area (Å²) >= 11 is 0. The van der Waals surface area contributed by atoms with Crippen LogP contribution < -0.4 is 5.32 Å². The lowest BCUT2D eigenvalue weighted by molar-refractivity contribution is -0.419. The fraction of sp³-hybridized carbons (Fsp3) is 0.400. The lowest BCUT2D eigenvalue weighted by atomic mass is 9.90. The normalized spacial score (nSPS) is 18.5. The number of sulfone groups is 1. The van der Waals surface area contributed by atoms with Gasteiger partial charge in [-0.1, -0.05) is 47.6 Å². The van der Waals surface area contributed by atoms with Crippen LogP contribution in [0.15, 0.2) is 57.3 Å². The number of anilines is 1. The molecule has 1 amide bonds. The van der Waals surface area contributed by atoms with Gasteiger partial charge in [0, 0.05) is 11.6 Å². The number of carbonyl (C=O) groups is 1. The van der Waals surface area contributed by atoms with Gasteiger partial charge in [0.05, 0.1) is 14.7 Å². The molecule has 0 aliphatic carbocycles. The summed E-state index contributed by atoms with van der Waals surface area (Å²) in [7, 11) is -4.12. The number of aliphatic hydroxyl groups excluding tert-OH is 1. The molecule has 2 N–H and O–H groups in total. The molecule has 162 valence electrons. The quantitative estimate of drug-likeness (QED) is 0.419. The maximum atomic E-state index is 13.2. The molecule has 9 nitrogen and oxygen atoms in total. The summed E-state index contributed by atoms with van der Waals surface area (Å²) in [5.74, 6) is -1.86. The highest BCUT2D eigenvalue weighted by atomic mass is 32.2. The molecule has 1 aromatic rings. The van der Waals surface area contributed by atoms with E-state index in [1.54, 1.807) is 53.7 Å². The van der Waals surface area contributed by atoms with Crippen LogP contribution in [0.3, 0.4) is 0 Å². The minimum absolute atomic E-state index is 0.0745. The molecule has 2 heterocycles. The van der Waals surface area contributed by atoms with Crippen LogP contribution in [0, 0.1) is 20.9 Å². The summed E-state index contributed by atoms with van der Waals surface area (Å²) in [6, 6.07) is 4.64. The number of nitrogens with one attached hydrogen (secondary N) is 1. The first kappa shape index (κ1) is 23.3. The fourth-order valence-electron chi connectivity index (χ4n) is 3.11. The zero-order chi connectivity index (χ0) is 23.1. The number of rotatable bonds is 3. The number of nitrogens with zero attached hydrogens (tertiary/aromatic N) is 2. The van der Waals surface area contributed by atoms with Crippen LogP contribution in [-0.4, -0.2) is 29.3 Å². The van der Waals surface area contributed by atoms with E-state index < -0.39 is 48.5 Å².